The van der Waals surface area contributed by atoms with Crippen LogP contribution in [0.4, 0.5) is 0 Å². The third kappa shape index (κ3) is 3.39. The molecule has 0 fully saturated rings. The van der Waals surface area contributed by atoms with E-state index in [0.717, 1.165) is 17.1 Å². The van der Waals surface area contributed by atoms with Crippen LogP contribution in [0.15, 0.2) is 47.9 Å². The van der Waals surface area contributed by atoms with Crippen LogP contribution in [0, 0.1) is 6.92 Å². The van der Waals surface area contributed by atoms with Gasteiger partial charge in [-0.05, 0) is 24.6 Å². The van der Waals surface area contributed by atoms with Crippen molar-refractivity contribution in [2.45, 2.75) is 31.8 Å². The second kappa shape index (κ2) is 6.58. The number of nitrogens with zero attached hydrogens (tertiary/aromatic N) is 3. The van der Waals surface area contributed by atoms with Crippen LogP contribution < -0.4 is 4.72 Å². The molecule has 126 valence electrons. The van der Waals surface area contributed by atoms with Gasteiger partial charge >= 0.3 is 0 Å². The molecule has 3 aromatic rings. The van der Waals surface area contributed by atoms with Crippen LogP contribution in [0.2, 0.25) is 0 Å². The predicted octanol–water partition coefficient (Wildman–Crippen LogP) is 1.94. The van der Waals surface area contributed by atoms with Crippen LogP contribution in [0.1, 0.15) is 24.1 Å². The van der Waals surface area contributed by atoms with E-state index in [9.17, 15) is 8.42 Å². The largest absolute Gasteiger partial charge is 0.332 e. The minimum absolute atomic E-state index is 0.0880. The molecular weight excluding hydrogens is 326 g/mol. The number of aryl methyl sites for hydroxylation is 2. The third-order valence-corrected chi connectivity index (χ3v) is 5.05. The Kier molecular flexibility index (Phi) is 4.50. The number of hydrogen-bond acceptors (Lipinski definition) is 4. The Morgan fingerprint density at radius 2 is 1.96 bits per heavy atom. The molecular formula is C16H19N5O2S. The Morgan fingerprint density at radius 1 is 1.21 bits per heavy atom. The first-order valence-electron chi connectivity index (χ1n) is 7.62. The lowest BCUT2D eigenvalue weighted by Crippen LogP contribution is -2.23. The molecule has 1 aromatic carbocycles. The number of rotatable bonds is 6. The first kappa shape index (κ1) is 16.4. The first-order valence-corrected chi connectivity index (χ1v) is 9.10. The summed E-state index contributed by atoms with van der Waals surface area (Å²) in [6.07, 6.45) is 5.62. The van der Waals surface area contributed by atoms with Crippen molar-refractivity contribution < 1.29 is 8.42 Å². The third-order valence-electron chi connectivity index (χ3n) is 3.74. The molecule has 0 radical (unpaired) electrons. The van der Waals surface area contributed by atoms with Crippen molar-refractivity contribution >= 4 is 10.0 Å². The topological polar surface area (TPSA) is 92.7 Å². The summed E-state index contributed by atoms with van der Waals surface area (Å²) in [6.45, 7) is 4.05. The van der Waals surface area contributed by atoms with E-state index in [4.69, 9.17) is 0 Å². The highest BCUT2D eigenvalue weighted by atomic mass is 32.2. The molecule has 24 heavy (non-hydrogen) atoms. The van der Waals surface area contributed by atoms with Gasteiger partial charge in [-0.2, -0.15) is 0 Å². The second-order valence-corrected chi connectivity index (χ2v) is 7.12. The van der Waals surface area contributed by atoms with Crippen LogP contribution in [0.5, 0.6) is 0 Å². The fourth-order valence-electron chi connectivity index (χ4n) is 2.34. The van der Waals surface area contributed by atoms with Gasteiger partial charge in [-0.25, -0.2) is 23.1 Å². The summed E-state index contributed by atoms with van der Waals surface area (Å²) in [7, 11) is -3.59. The van der Waals surface area contributed by atoms with Gasteiger partial charge < -0.3 is 9.55 Å². The van der Waals surface area contributed by atoms with Crippen LogP contribution >= 0.6 is 0 Å². The smallest absolute Gasteiger partial charge is 0.257 e. The standard InChI is InChI=1S/C16H19N5O2S/c1-3-15-18-11-16(20-15)24(22,23)19-10-13-4-6-14(7-5-13)21-9-8-17-12(21)2/h4-9,11,19H,3,10H2,1-2H3,(H,18,20). The average Bonchev–Trinajstić information content (AvgIpc) is 3.23. The van der Waals surface area contributed by atoms with Gasteiger partial charge in [0.05, 0.1) is 6.20 Å². The quantitative estimate of drug-likeness (QED) is 0.714. The number of benzene rings is 1. The van der Waals surface area contributed by atoms with E-state index >= 15 is 0 Å². The van der Waals surface area contributed by atoms with Crippen molar-refractivity contribution in [1.29, 1.82) is 0 Å². The van der Waals surface area contributed by atoms with Crippen molar-refractivity contribution in [3.63, 3.8) is 0 Å². The zero-order valence-corrected chi connectivity index (χ0v) is 14.3. The molecule has 3 rings (SSSR count). The Hall–Kier alpha value is -2.45. The van der Waals surface area contributed by atoms with Gasteiger partial charge in [0.1, 0.15) is 11.6 Å². The number of H-pyrrole nitrogens is 1. The molecule has 0 aliphatic heterocycles. The molecule has 2 heterocycles. The van der Waals surface area contributed by atoms with E-state index in [1.807, 2.05) is 48.9 Å². The highest BCUT2D eigenvalue weighted by molar-refractivity contribution is 7.89. The Bertz CT molecular complexity index is 926. The number of aromatic amines is 1. The fraction of sp³-hybridized carbons (Fsp3) is 0.250. The van der Waals surface area contributed by atoms with Crippen LogP contribution in [-0.2, 0) is 23.0 Å². The molecule has 0 aliphatic carbocycles. The van der Waals surface area contributed by atoms with Gasteiger partial charge in [0.15, 0.2) is 5.03 Å². The normalized spacial score (nSPS) is 11.8. The van der Waals surface area contributed by atoms with Gasteiger partial charge in [-0.1, -0.05) is 19.1 Å². The monoisotopic (exact) mass is 345 g/mol. The molecule has 0 aliphatic rings. The lowest BCUT2D eigenvalue weighted by molar-refractivity contribution is 0.578. The molecule has 0 unspecified atom stereocenters. The van der Waals surface area contributed by atoms with Gasteiger partial charge in [-0.15, -0.1) is 0 Å². The lowest BCUT2D eigenvalue weighted by Gasteiger charge is -2.08. The molecule has 0 saturated heterocycles. The highest BCUT2D eigenvalue weighted by Gasteiger charge is 2.16. The van der Waals surface area contributed by atoms with Crippen molar-refractivity contribution in [2.75, 3.05) is 0 Å². The summed E-state index contributed by atoms with van der Waals surface area (Å²) in [5, 5.41) is 0.0880. The van der Waals surface area contributed by atoms with Crippen LogP contribution in [0.25, 0.3) is 5.69 Å². The SMILES string of the molecule is CCc1ncc(S(=O)(=O)NCc2ccc(-n3ccnc3C)cc2)[nH]1. The number of imidazole rings is 2. The summed E-state index contributed by atoms with van der Waals surface area (Å²) >= 11 is 0. The summed E-state index contributed by atoms with van der Waals surface area (Å²) in [6, 6.07) is 7.65. The molecule has 2 N–H and O–H groups in total. The second-order valence-electron chi connectivity index (χ2n) is 5.38. The van der Waals surface area contributed by atoms with Crippen molar-refractivity contribution in [3.05, 3.63) is 60.1 Å². The van der Waals surface area contributed by atoms with E-state index in [0.29, 0.717) is 12.2 Å². The Balaban J connectivity index is 1.69. The van der Waals surface area contributed by atoms with E-state index in [-0.39, 0.29) is 11.6 Å². The van der Waals surface area contributed by atoms with Crippen molar-refractivity contribution in [1.82, 2.24) is 24.2 Å². The molecule has 0 spiro atoms. The number of aromatic nitrogens is 4. The maximum absolute atomic E-state index is 12.2. The van der Waals surface area contributed by atoms with Gasteiger partial charge in [-0.3, -0.25) is 0 Å². The van der Waals surface area contributed by atoms with Crippen molar-refractivity contribution in [2.24, 2.45) is 0 Å². The summed E-state index contributed by atoms with van der Waals surface area (Å²) in [5.41, 5.74) is 1.85. The molecule has 0 bridgehead atoms. The van der Waals surface area contributed by atoms with E-state index < -0.39 is 10.0 Å². The maximum atomic E-state index is 12.2. The lowest BCUT2D eigenvalue weighted by atomic mass is 10.2. The van der Waals surface area contributed by atoms with Crippen LogP contribution in [0.3, 0.4) is 0 Å². The minimum Gasteiger partial charge on any atom is -0.332 e. The highest BCUT2D eigenvalue weighted by Crippen LogP contribution is 2.13. The number of sulfonamides is 1. The van der Waals surface area contributed by atoms with Crippen LogP contribution in [-0.4, -0.2) is 27.9 Å². The molecule has 0 saturated carbocycles. The molecule has 8 heteroatoms. The first-order chi connectivity index (χ1) is 11.5. The summed E-state index contributed by atoms with van der Waals surface area (Å²) in [4.78, 5) is 11.0. The molecule has 7 nitrogen and oxygen atoms in total. The van der Waals surface area contributed by atoms with E-state index in [1.165, 1.54) is 6.20 Å². The number of hydrogen-bond donors (Lipinski definition) is 2. The fourth-order valence-corrected chi connectivity index (χ4v) is 3.30. The summed E-state index contributed by atoms with van der Waals surface area (Å²) in [5.74, 6) is 1.55. The zero-order chi connectivity index (χ0) is 17.2. The zero-order valence-electron chi connectivity index (χ0n) is 13.5. The van der Waals surface area contributed by atoms with Gasteiger partial charge in [0.25, 0.3) is 10.0 Å². The molecule has 0 atom stereocenters. The maximum Gasteiger partial charge on any atom is 0.257 e. The Labute approximate surface area is 140 Å². The Morgan fingerprint density at radius 3 is 2.54 bits per heavy atom. The van der Waals surface area contributed by atoms with Crippen molar-refractivity contribution in [3.8, 4) is 5.69 Å². The van der Waals surface area contributed by atoms with E-state index in [2.05, 4.69) is 19.7 Å². The average molecular weight is 345 g/mol. The molecule has 2 aromatic heterocycles. The summed E-state index contributed by atoms with van der Waals surface area (Å²) < 4.78 is 29.0. The van der Waals surface area contributed by atoms with Gasteiger partial charge in [0, 0.05) is 31.0 Å². The van der Waals surface area contributed by atoms with Gasteiger partial charge in [0.2, 0.25) is 0 Å². The predicted molar refractivity (Wildman–Crippen MR) is 90.3 cm³/mol. The van der Waals surface area contributed by atoms with E-state index in [1.54, 1.807) is 6.20 Å². The molecule has 0 amide bonds. The minimum atomic E-state index is -3.59. The number of nitrogens with one attached hydrogen (secondary N) is 2.